The molecule has 2 N–H and O–H groups in total. The van der Waals surface area contributed by atoms with Gasteiger partial charge in [-0.3, -0.25) is 0 Å². The van der Waals surface area contributed by atoms with Crippen LogP contribution in [0.25, 0.3) is 0 Å². The molecular weight excluding hydrogens is 222 g/mol. The van der Waals surface area contributed by atoms with Gasteiger partial charge >= 0.3 is 0 Å². The third kappa shape index (κ3) is 2.39. The Morgan fingerprint density at radius 2 is 2.00 bits per heavy atom. The Labute approximate surface area is 111 Å². The normalized spacial score (nSPS) is 22.7. The fourth-order valence-electron chi connectivity index (χ4n) is 3.16. The molecule has 2 nitrogen and oxygen atoms in total. The summed E-state index contributed by atoms with van der Waals surface area (Å²) in [5.74, 6) is 1.81. The Balaban J connectivity index is 2.33. The molecule has 1 unspecified atom stereocenters. The second kappa shape index (κ2) is 5.75. The van der Waals surface area contributed by atoms with Gasteiger partial charge in [0.25, 0.3) is 0 Å². The summed E-state index contributed by atoms with van der Waals surface area (Å²) in [7, 11) is 0. The Morgan fingerprint density at radius 3 is 2.67 bits per heavy atom. The largest absolute Gasteiger partial charge is 0.493 e. The van der Waals surface area contributed by atoms with E-state index in [1.165, 1.54) is 24.8 Å². The molecule has 0 radical (unpaired) electrons. The van der Waals surface area contributed by atoms with Crippen molar-refractivity contribution in [2.75, 3.05) is 13.2 Å². The third-order valence-corrected chi connectivity index (χ3v) is 4.52. The lowest BCUT2D eigenvalue weighted by Crippen LogP contribution is -2.41. The maximum atomic E-state index is 6.16. The Morgan fingerprint density at radius 1 is 1.28 bits per heavy atom. The van der Waals surface area contributed by atoms with Crippen LogP contribution in [0.5, 0.6) is 5.75 Å². The van der Waals surface area contributed by atoms with E-state index in [0.29, 0.717) is 0 Å². The molecular formula is C16H25NO. The minimum absolute atomic E-state index is 0.130. The summed E-state index contributed by atoms with van der Waals surface area (Å²) in [4.78, 5) is 0. The molecule has 0 saturated heterocycles. The first kappa shape index (κ1) is 13.4. The zero-order valence-corrected chi connectivity index (χ0v) is 11.6. The lowest BCUT2D eigenvalue weighted by atomic mass is 9.69. The fraction of sp³-hybridized carbons (Fsp3) is 0.625. The van der Waals surface area contributed by atoms with E-state index in [4.69, 9.17) is 10.5 Å². The number of benzene rings is 1. The maximum absolute atomic E-state index is 6.16. The third-order valence-electron chi connectivity index (χ3n) is 4.52. The van der Waals surface area contributed by atoms with Crippen LogP contribution >= 0.6 is 0 Å². The number of rotatable bonds is 5. The summed E-state index contributed by atoms with van der Waals surface area (Å²) in [5.41, 5.74) is 7.61. The molecule has 1 aliphatic rings. The maximum Gasteiger partial charge on any atom is 0.123 e. The highest BCUT2D eigenvalue weighted by atomic mass is 16.5. The molecule has 1 aromatic rings. The van der Waals surface area contributed by atoms with Gasteiger partial charge in [0.15, 0.2) is 0 Å². The average molecular weight is 247 g/mol. The molecule has 0 aromatic heterocycles. The predicted octanol–water partition coefficient (Wildman–Crippen LogP) is 3.49. The summed E-state index contributed by atoms with van der Waals surface area (Å²) < 4.78 is 5.77. The number of nitrogens with two attached hydrogens (primary N) is 1. The first-order valence-corrected chi connectivity index (χ1v) is 7.18. The van der Waals surface area contributed by atoms with Gasteiger partial charge < -0.3 is 10.5 Å². The van der Waals surface area contributed by atoms with Gasteiger partial charge in [0.05, 0.1) is 6.61 Å². The Bertz CT molecular complexity index is 386. The zero-order valence-electron chi connectivity index (χ0n) is 11.6. The molecule has 100 valence electrons. The molecule has 1 aromatic carbocycles. The first-order valence-electron chi connectivity index (χ1n) is 7.18. The molecule has 0 amide bonds. The van der Waals surface area contributed by atoms with Gasteiger partial charge in [0.2, 0.25) is 0 Å². The van der Waals surface area contributed by atoms with Crippen LogP contribution in [0.3, 0.4) is 0 Å². The van der Waals surface area contributed by atoms with Crippen molar-refractivity contribution < 1.29 is 4.74 Å². The van der Waals surface area contributed by atoms with Gasteiger partial charge in [-0.25, -0.2) is 0 Å². The summed E-state index contributed by atoms with van der Waals surface area (Å²) >= 11 is 0. The van der Waals surface area contributed by atoms with Gasteiger partial charge in [-0.1, -0.05) is 44.9 Å². The highest BCUT2D eigenvalue weighted by molar-refractivity contribution is 5.41. The Hall–Kier alpha value is -1.02. The van der Waals surface area contributed by atoms with Crippen molar-refractivity contribution >= 4 is 0 Å². The number of fused-ring (bicyclic) bond motifs is 1. The highest BCUT2D eigenvalue weighted by Crippen LogP contribution is 2.43. The van der Waals surface area contributed by atoms with Crippen LogP contribution in [0.2, 0.25) is 0 Å². The van der Waals surface area contributed by atoms with Crippen LogP contribution in [0.1, 0.15) is 45.1 Å². The van der Waals surface area contributed by atoms with Crippen LogP contribution in [-0.2, 0) is 5.41 Å². The first-order chi connectivity index (χ1) is 8.75. The summed E-state index contributed by atoms with van der Waals surface area (Å²) in [5, 5.41) is 0. The number of ether oxygens (including phenoxy) is 1. The van der Waals surface area contributed by atoms with E-state index in [9.17, 15) is 0 Å². The van der Waals surface area contributed by atoms with Crippen LogP contribution < -0.4 is 10.5 Å². The van der Waals surface area contributed by atoms with Gasteiger partial charge in [0, 0.05) is 17.5 Å². The summed E-state index contributed by atoms with van der Waals surface area (Å²) in [6.07, 6.45) is 4.72. The molecule has 1 atom stereocenters. The number of hydrogen-bond acceptors (Lipinski definition) is 2. The van der Waals surface area contributed by atoms with E-state index < -0.39 is 0 Å². The van der Waals surface area contributed by atoms with Gasteiger partial charge in [-0.2, -0.15) is 0 Å². The monoisotopic (exact) mass is 247 g/mol. The second-order valence-electron chi connectivity index (χ2n) is 5.47. The lowest BCUT2D eigenvalue weighted by molar-refractivity contribution is 0.187. The van der Waals surface area contributed by atoms with Crippen molar-refractivity contribution in [3.8, 4) is 5.75 Å². The van der Waals surface area contributed by atoms with E-state index in [2.05, 4.69) is 32.0 Å². The molecule has 18 heavy (non-hydrogen) atoms. The van der Waals surface area contributed by atoms with Crippen LogP contribution in [-0.4, -0.2) is 13.2 Å². The SMILES string of the molecule is CCC(CC)CC1(CN)CCOc2ccccc21. The van der Waals surface area contributed by atoms with Gasteiger partial charge in [0.1, 0.15) is 5.75 Å². The highest BCUT2D eigenvalue weighted by Gasteiger charge is 2.37. The van der Waals surface area contributed by atoms with E-state index >= 15 is 0 Å². The van der Waals surface area contributed by atoms with E-state index in [0.717, 1.165) is 31.2 Å². The van der Waals surface area contributed by atoms with Crippen molar-refractivity contribution in [2.24, 2.45) is 11.7 Å². The van der Waals surface area contributed by atoms with E-state index in [1.807, 2.05) is 6.07 Å². The van der Waals surface area contributed by atoms with E-state index in [1.54, 1.807) is 0 Å². The molecule has 0 bridgehead atoms. The molecule has 0 saturated carbocycles. The molecule has 1 aliphatic heterocycles. The zero-order chi connectivity index (χ0) is 13.0. The minimum atomic E-state index is 0.130. The Kier molecular flexibility index (Phi) is 4.28. The van der Waals surface area contributed by atoms with Crippen LogP contribution in [0, 0.1) is 5.92 Å². The van der Waals surface area contributed by atoms with Crippen LogP contribution in [0.15, 0.2) is 24.3 Å². The van der Waals surface area contributed by atoms with Crippen molar-refractivity contribution in [2.45, 2.75) is 44.9 Å². The standard InChI is InChI=1S/C16H25NO/c1-3-13(4-2)11-16(12-17)9-10-18-15-8-6-5-7-14(15)16/h5-8,13H,3-4,9-12,17H2,1-2H3. The molecule has 0 aliphatic carbocycles. The number of hydrogen-bond donors (Lipinski definition) is 1. The topological polar surface area (TPSA) is 35.2 Å². The van der Waals surface area contributed by atoms with Crippen molar-refractivity contribution in [3.05, 3.63) is 29.8 Å². The molecule has 0 fully saturated rings. The molecule has 0 spiro atoms. The van der Waals surface area contributed by atoms with Crippen LogP contribution in [0.4, 0.5) is 0 Å². The second-order valence-corrected chi connectivity index (χ2v) is 5.47. The van der Waals surface area contributed by atoms with Crippen molar-refractivity contribution in [1.29, 1.82) is 0 Å². The fourth-order valence-corrected chi connectivity index (χ4v) is 3.16. The molecule has 1 heterocycles. The quantitative estimate of drug-likeness (QED) is 0.864. The molecule has 2 rings (SSSR count). The molecule has 2 heteroatoms. The lowest BCUT2D eigenvalue weighted by Gasteiger charge is -2.40. The average Bonchev–Trinajstić information content (AvgIpc) is 2.45. The summed E-state index contributed by atoms with van der Waals surface area (Å²) in [6.45, 7) is 6.09. The van der Waals surface area contributed by atoms with Gasteiger partial charge in [-0.05, 0) is 24.8 Å². The van der Waals surface area contributed by atoms with Crippen molar-refractivity contribution in [3.63, 3.8) is 0 Å². The van der Waals surface area contributed by atoms with E-state index in [-0.39, 0.29) is 5.41 Å². The minimum Gasteiger partial charge on any atom is -0.493 e. The van der Waals surface area contributed by atoms with Gasteiger partial charge in [-0.15, -0.1) is 0 Å². The smallest absolute Gasteiger partial charge is 0.123 e. The summed E-state index contributed by atoms with van der Waals surface area (Å²) in [6, 6.07) is 8.42. The predicted molar refractivity (Wildman–Crippen MR) is 76.0 cm³/mol. The van der Waals surface area contributed by atoms with Crippen molar-refractivity contribution in [1.82, 2.24) is 0 Å². The number of para-hydroxylation sites is 1.